The molecule has 4 rings (SSSR count). The van der Waals surface area contributed by atoms with E-state index < -0.39 is 0 Å². The molecule has 0 aliphatic rings. The van der Waals surface area contributed by atoms with Crippen LogP contribution in [0.4, 0.5) is 5.69 Å². The fraction of sp³-hybridized carbons (Fsp3) is 0.107. The Morgan fingerprint density at radius 1 is 0.688 bits per heavy atom. The first kappa shape index (κ1) is 22.5. The van der Waals surface area contributed by atoms with Crippen LogP contribution in [0.2, 0.25) is 0 Å². The largest absolute Gasteiger partial charge is 0.378 e. The Morgan fingerprint density at radius 3 is 2.06 bits per heavy atom. The van der Waals surface area contributed by atoms with Gasteiger partial charge >= 0.3 is 0 Å². The molecule has 32 heavy (non-hydrogen) atoms. The molecule has 1 heterocycles. The average molecular weight is 549 g/mol. The lowest BCUT2D eigenvalue weighted by molar-refractivity contribution is -0.662. The Bertz CT molecular complexity index is 1260. The molecule has 0 radical (unpaired) electrons. The minimum absolute atomic E-state index is 1.08. The van der Waals surface area contributed by atoms with Crippen LogP contribution in [0.1, 0.15) is 11.3 Å². The van der Waals surface area contributed by atoms with Crippen LogP contribution in [0, 0.1) is 0 Å². The fourth-order valence-electron chi connectivity index (χ4n) is 3.64. The number of hydrogen-bond donors (Lipinski definition) is 0. The highest BCUT2D eigenvalue weighted by Crippen LogP contribution is 2.28. The molecule has 0 atom stereocenters. The smallest absolute Gasteiger partial charge is 0.213 e. The van der Waals surface area contributed by atoms with E-state index in [1.54, 1.807) is 0 Å². The fourth-order valence-corrected chi connectivity index (χ4v) is 4.30. The van der Waals surface area contributed by atoms with Gasteiger partial charge in [0, 0.05) is 52.5 Å². The molecule has 0 unspecified atom stereocenters. The van der Waals surface area contributed by atoms with E-state index >= 15 is 0 Å². The second kappa shape index (κ2) is 9.85. The van der Waals surface area contributed by atoms with E-state index in [2.05, 4.69) is 160 Å². The van der Waals surface area contributed by atoms with Gasteiger partial charge in [0.05, 0.1) is 0 Å². The van der Waals surface area contributed by atoms with Crippen LogP contribution < -0.4 is 9.47 Å². The molecule has 4 heteroatoms. The van der Waals surface area contributed by atoms with E-state index in [0.717, 1.165) is 20.3 Å². The van der Waals surface area contributed by atoms with Crippen molar-refractivity contribution >= 4 is 49.7 Å². The first-order chi connectivity index (χ1) is 15.4. The Labute approximate surface area is 207 Å². The van der Waals surface area contributed by atoms with E-state index in [9.17, 15) is 0 Å². The summed E-state index contributed by atoms with van der Waals surface area (Å²) in [5.74, 6) is 0. The van der Waals surface area contributed by atoms with Gasteiger partial charge in [-0.3, -0.25) is 0 Å². The number of benzene rings is 3. The summed E-state index contributed by atoms with van der Waals surface area (Å²) in [7, 11) is 6.24. The van der Waals surface area contributed by atoms with Crippen molar-refractivity contribution < 1.29 is 4.57 Å². The zero-order valence-corrected chi connectivity index (χ0v) is 21.6. The van der Waals surface area contributed by atoms with Gasteiger partial charge in [0.2, 0.25) is 11.4 Å². The van der Waals surface area contributed by atoms with Crippen LogP contribution >= 0.6 is 31.9 Å². The van der Waals surface area contributed by atoms with Crippen LogP contribution in [0.15, 0.2) is 93.9 Å². The van der Waals surface area contributed by atoms with E-state index in [1.807, 2.05) is 0 Å². The van der Waals surface area contributed by atoms with Crippen molar-refractivity contribution in [1.82, 2.24) is 0 Å². The number of nitrogens with zero attached hydrogens (tertiary/aromatic N) is 2. The lowest BCUT2D eigenvalue weighted by Crippen LogP contribution is -2.34. The summed E-state index contributed by atoms with van der Waals surface area (Å²) in [6, 6.07) is 30.0. The van der Waals surface area contributed by atoms with Gasteiger partial charge < -0.3 is 4.90 Å². The maximum Gasteiger partial charge on any atom is 0.213 e. The average Bonchev–Trinajstić information content (AvgIpc) is 2.79. The van der Waals surface area contributed by atoms with E-state index in [4.69, 9.17) is 0 Å². The van der Waals surface area contributed by atoms with Crippen molar-refractivity contribution in [3.63, 3.8) is 0 Å². The van der Waals surface area contributed by atoms with Crippen molar-refractivity contribution in [3.05, 3.63) is 105 Å². The highest BCUT2D eigenvalue weighted by molar-refractivity contribution is 9.10. The number of rotatable bonds is 5. The third-order valence-corrected chi connectivity index (χ3v) is 6.52. The molecule has 0 aliphatic carbocycles. The molecule has 4 aromatic rings. The zero-order valence-electron chi connectivity index (χ0n) is 18.4. The molecular weight excluding hydrogens is 524 g/mol. The van der Waals surface area contributed by atoms with Crippen LogP contribution in [0.3, 0.4) is 0 Å². The molecule has 0 aliphatic heterocycles. The van der Waals surface area contributed by atoms with Crippen molar-refractivity contribution in [2.75, 3.05) is 19.0 Å². The van der Waals surface area contributed by atoms with Crippen molar-refractivity contribution in [3.8, 4) is 22.4 Å². The summed E-state index contributed by atoms with van der Waals surface area (Å²) >= 11 is 7.16. The Hall–Kier alpha value is -2.69. The van der Waals surface area contributed by atoms with Crippen molar-refractivity contribution in [1.29, 1.82) is 0 Å². The Balaban J connectivity index is 1.80. The second-order valence-electron chi connectivity index (χ2n) is 7.95. The molecule has 3 aromatic carbocycles. The molecule has 0 amide bonds. The highest BCUT2D eigenvalue weighted by atomic mass is 79.9. The first-order valence-corrected chi connectivity index (χ1v) is 12.0. The minimum Gasteiger partial charge on any atom is -0.378 e. The Kier molecular flexibility index (Phi) is 6.92. The summed E-state index contributed by atoms with van der Waals surface area (Å²) in [6.07, 6.45) is 4.36. The van der Waals surface area contributed by atoms with Gasteiger partial charge in [0.25, 0.3) is 0 Å². The number of hydrogen-bond acceptors (Lipinski definition) is 1. The summed E-state index contributed by atoms with van der Waals surface area (Å²) in [6.45, 7) is 0. The first-order valence-electron chi connectivity index (χ1n) is 10.4. The van der Waals surface area contributed by atoms with Crippen LogP contribution in [0.25, 0.3) is 34.5 Å². The summed E-state index contributed by atoms with van der Waals surface area (Å²) < 4.78 is 4.40. The molecular formula is C28H25Br2N2+. The lowest BCUT2D eigenvalue weighted by Gasteiger charge is -2.11. The normalized spacial score (nSPS) is 11.2. The third-order valence-electron chi connectivity index (χ3n) is 5.50. The standard InChI is InChI=1S/C28H25Br2N2/c1-31(2)26-14-7-20(8-15-26)9-16-27-18-23(22-5-4-6-25(30)17-22)19-28(32(27)3)21-10-12-24(29)13-11-21/h4-19H,1-3H3/q+1. The van der Waals surface area contributed by atoms with Crippen LogP contribution in [-0.4, -0.2) is 14.1 Å². The van der Waals surface area contributed by atoms with Gasteiger partial charge in [-0.1, -0.05) is 56.1 Å². The van der Waals surface area contributed by atoms with Gasteiger partial charge in [0.1, 0.15) is 7.05 Å². The monoisotopic (exact) mass is 547 g/mol. The maximum absolute atomic E-state index is 3.61. The van der Waals surface area contributed by atoms with E-state index in [0.29, 0.717) is 0 Å². The molecule has 0 fully saturated rings. The SMILES string of the molecule is CN(C)c1ccc(C=Cc2cc(-c3cccc(Br)c3)cc(-c3ccc(Br)cc3)[n+]2C)cc1. The predicted molar refractivity (Wildman–Crippen MR) is 144 cm³/mol. The van der Waals surface area contributed by atoms with Crippen molar-refractivity contribution in [2.45, 2.75) is 0 Å². The number of pyridine rings is 1. The molecule has 160 valence electrons. The quantitative estimate of drug-likeness (QED) is 0.233. The van der Waals surface area contributed by atoms with Crippen LogP contribution in [0.5, 0.6) is 0 Å². The van der Waals surface area contributed by atoms with E-state index in [1.165, 1.54) is 27.9 Å². The molecule has 0 bridgehead atoms. The summed E-state index contributed by atoms with van der Waals surface area (Å²) in [5.41, 5.74) is 8.22. The Morgan fingerprint density at radius 2 is 1.41 bits per heavy atom. The highest BCUT2D eigenvalue weighted by Gasteiger charge is 2.17. The van der Waals surface area contributed by atoms with E-state index in [-0.39, 0.29) is 0 Å². The predicted octanol–water partition coefficient (Wildman–Crippen LogP) is 7.61. The molecule has 1 aromatic heterocycles. The molecule has 0 saturated heterocycles. The minimum atomic E-state index is 1.08. The molecule has 0 N–H and O–H groups in total. The van der Waals surface area contributed by atoms with Gasteiger partial charge in [-0.05, 0) is 71.3 Å². The van der Waals surface area contributed by atoms with Crippen LogP contribution in [-0.2, 0) is 7.05 Å². The second-order valence-corrected chi connectivity index (χ2v) is 9.78. The molecule has 0 spiro atoms. The number of halogens is 2. The van der Waals surface area contributed by atoms with Gasteiger partial charge in [0.15, 0.2) is 0 Å². The zero-order chi connectivity index (χ0) is 22.7. The molecule has 2 nitrogen and oxygen atoms in total. The maximum atomic E-state index is 3.61. The summed E-state index contributed by atoms with van der Waals surface area (Å²) in [4.78, 5) is 2.11. The molecule has 0 saturated carbocycles. The van der Waals surface area contributed by atoms with Gasteiger partial charge in [-0.2, -0.15) is 4.57 Å². The number of anilines is 1. The van der Waals surface area contributed by atoms with Crippen molar-refractivity contribution in [2.24, 2.45) is 7.05 Å². The lowest BCUT2D eigenvalue weighted by atomic mass is 10.0. The van der Waals surface area contributed by atoms with Gasteiger partial charge in [-0.15, -0.1) is 0 Å². The third kappa shape index (κ3) is 5.20. The van der Waals surface area contributed by atoms with Gasteiger partial charge in [-0.25, -0.2) is 0 Å². The number of aromatic nitrogens is 1. The summed E-state index contributed by atoms with van der Waals surface area (Å²) in [5, 5.41) is 0. The topological polar surface area (TPSA) is 7.12 Å².